The van der Waals surface area contributed by atoms with Crippen LogP contribution < -0.4 is 20.5 Å². The lowest BCUT2D eigenvalue weighted by Crippen LogP contribution is -2.23. The van der Waals surface area contributed by atoms with Crippen molar-refractivity contribution in [3.63, 3.8) is 0 Å². The molecule has 0 aliphatic rings. The van der Waals surface area contributed by atoms with E-state index in [9.17, 15) is 4.39 Å². The van der Waals surface area contributed by atoms with Crippen LogP contribution in [0.5, 0.6) is 11.5 Å². The largest absolute Gasteiger partial charge is 0.492 e. The number of anilines is 1. The van der Waals surface area contributed by atoms with E-state index in [-0.39, 0.29) is 17.9 Å². The van der Waals surface area contributed by atoms with E-state index in [1.807, 2.05) is 38.1 Å². The fourth-order valence-electron chi connectivity index (χ4n) is 1.96. The molecule has 0 bridgehead atoms. The molecule has 0 atom stereocenters. The van der Waals surface area contributed by atoms with Gasteiger partial charge < -0.3 is 20.5 Å². The van der Waals surface area contributed by atoms with Crippen LogP contribution in [0.25, 0.3) is 0 Å². The van der Waals surface area contributed by atoms with Crippen LogP contribution in [-0.4, -0.2) is 25.2 Å². The number of ether oxygens (including phenoxy) is 2. The number of rotatable bonds is 7. The Balaban J connectivity index is 1.77. The predicted octanol–water partition coefficient (Wildman–Crippen LogP) is 3.42. The molecule has 5 nitrogen and oxygen atoms in total. The third-order valence-electron chi connectivity index (χ3n) is 2.94. The summed E-state index contributed by atoms with van der Waals surface area (Å²) < 4.78 is 24.0. The summed E-state index contributed by atoms with van der Waals surface area (Å²) in [7, 11) is 0. The van der Waals surface area contributed by atoms with Crippen molar-refractivity contribution in [3.8, 4) is 11.5 Å². The number of guanidine groups is 1. The Hall–Kier alpha value is -2.76. The summed E-state index contributed by atoms with van der Waals surface area (Å²) in [5.74, 6) is 1.23. The van der Waals surface area contributed by atoms with Gasteiger partial charge in [-0.1, -0.05) is 6.07 Å². The maximum atomic E-state index is 13.0. The Bertz CT molecular complexity index is 672. The summed E-state index contributed by atoms with van der Waals surface area (Å²) >= 11 is 0. The first kappa shape index (κ1) is 17.6. The maximum absolute atomic E-state index is 13.0. The summed E-state index contributed by atoms with van der Waals surface area (Å²) in [6.45, 7) is 4.63. The van der Waals surface area contributed by atoms with Gasteiger partial charge in [-0.15, -0.1) is 0 Å². The van der Waals surface area contributed by atoms with Crippen molar-refractivity contribution in [1.29, 1.82) is 0 Å². The number of hydrogen-bond donors (Lipinski definition) is 2. The van der Waals surface area contributed by atoms with Crippen LogP contribution in [0, 0.1) is 5.82 Å². The fraction of sp³-hybridized carbons (Fsp3) is 0.278. The van der Waals surface area contributed by atoms with Crippen molar-refractivity contribution >= 4 is 11.6 Å². The zero-order valence-electron chi connectivity index (χ0n) is 13.8. The smallest absolute Gasteiger partial charge is 0.193 e. The van der Waals surface area contributed by atoms with Gasteiger partial charge in [0.1, 0.15) is 23.9 Å². The Morgan fingerprint density at radius 3 is 2.58 bits per heavy atom. The zero-order valence-corrected chi connectivity index (χ0v) is 13.8. The van der Waals surface area contributed by atoms with Crippen molar-refractivity contribution in [2.24, 2.45) is 10.7 Å². The van der Waals surface area contributed by atoms with Crippen molar-refractivity contribution in [2.45, 2.75) is 20.0 Å². The van der Waals surface area contributed by atoms with E-state index in [1.54, 1.807) is 12.1 Å². The highest BCUT2D eigenvalue weighted by Crippen LogP contribution is 2.16. The lowest BCUT2D eigenvalue weighted by molar-refractivity contribution is 0.242. The Kier molecular flexibility index (Phi) is 6.42. The van der Waals surface area contributed by atoms with Crippen LogP contribution in [0.1, 0.15) is 13.8 Å². The molecular weight excluding hydrogens is 309 g/mol. The third kappa shape index (κ3) is 6.16. The summed E-state index contributed by atoms with van der Waals surface area (Å²) in [5.41, 5.74) is 6.64. The first-order valence-electron chi connectivity index (χ1n) is 7.75. The van der Waals surface area contributed by atoms with Gasteiger partial charge in [-0.25, -0.2) is 9.38 Å². The number of nitrogens with one attached hydrogen (secondary N) is 1. The topological polar surface area (TPSA) is 68.9 Å². The van der Waals surface area contributed by atoms with Gasteiger partial charge in [0.2, 0.25) is 0 Å². The minimum absolute atomic E-state index is 0.133. The van der Waals surface area contributed by atoms with Gasteiger partial charge in [0, 0.05) is 11.8 Å². The highest BCUT2D eigenvalue weighted by molar-refractivity contribution is 5.92. The van der Waals surface area contributed by atoms with E-state index < -0.39 is 0 Å². The van der Waals surface area contributed by atoms with Crippen molar-refractivity contribution < 1.29 is 13.9 Å². The van der Waals surface area contributed by atoms with Gasteiger partial charge in [0.25, 0.3) is 0 Å². The summed E-state index contributed by atoms with van der Waals surface area (Å²) in [6.07, 6.45) is 0.133. The van der Waals surface area contributed by atoms with E-state index >= 15 is 0 Å². The molecule has 24 heavy (non-hydrogen) atoms. The number of hydrogen-bond acceptors (Lipinski definition) is 3. The van der Waals surface area contributed by atoms with Crippen LogP contribution in [0.3, 0.4) is 0 Å². The first-order valence-corrected chi connectivity index (χ1v) is 7.75. The standard InChI is InChI=1S/C18H22FN3O2/c1-13(2)24-16-8-6-15(7-9-16)22-18(20)21-10-11-23-17-5-3-4-14(19)12-17/h3-9,12-13H,10-11H2,1-2H3,(H3,20,21,22). The van der Waals surface area contributed by atoms with Gasteiger partial charge in [0.05, 0.1) is 12.6 Å². The van der Waals surface area contributed by atoms with Crippen LogP contribution >= 0.6 is 0 Å². The second kappa shape index (κ2) is 8.76. The third-order valence-corrected chi connectivity index (χ3v) is 2.94. The molecule has 2 aromatic rings. The van der Waals surface area contributed by atoms with Gasteiger partial charge in [-0.05, 0) is 50.2 Å². The molecule has 0 saturated heterocycles. The molecule has 6 heteroatoms. The quantitative estimate of drug-likeness (QED) is 0.463. The van der Waals surface area contributed by atoms with E-state index in [4.69, 9.17) is 15.2 Å². The van der Waals surface area contributed by atoms with Crippen molar-refractivity contribution in [3.05, 3.63) is 54.3 Å². The monoisotopic (exact) mass is 331 g/mol. The number of benzene rings is 2. The Morgan fingerprint density at radius 2 is 1.92 bits per heavy atom. The van der Waals surface area contributed by atoms with Crippen molar-refractivity contribution in [2.75, 3.05) is 18.5 Å². The normalized spacial score (nSPS) is 11.4. The molecule has 0 radical (unpaired) electrons. The van der Waals surface area contributed by atoms with E-state index in [1.165, 1.54) is 12.1 Å². The molecule has 0 fully saturated rings. The average Bonchev–Trinajstić information content (AvgIpc) is 2.53. The average molecular weight is 331 g/mol. The van der Waals surface area contributed by atoms with Crippen LogP contribution in [0.4, 0.5) is 10.1 Å². The molecule has 0 aliphatic carbocycles. The molecule has 2 aromatic carbocycles. The predicted molar refractivity (Wildman–Crippen MR) is 94.2 cm³/mol. The zero-order chi connectivity index (χ0) is 17.4. The molecule has 128 valence electrons. The number of nitrogens with zero attached hydrogens (tertiary/aromatic N) is 1. The summed E-state index contributed by atoms with van der Waals surface area (Å²) in [5, 5.41) is 2.99. The molecule has 0 unspecified atom stereocenters. The number of nitrogens with two attached hydrogens (primary N) is 1. The van der Waals surface area contributed by atoms with Crippen LogP contribution in [0.15, 0.2) is 53.5 Å². The Labute approximate surface area is 141 Å². The summed E-state index contributed by atoms with van der Waals surface area (Å²) in [6, 6.07) is 13.4. The molecular formula is C18H22FN3O2. The first-order chi connectivity index (χ1) is 11.5. The lowest BCUT2D eigenvalue weighted by Gasteiger charge is -2.11. The molecule has 0 aromatic heterocycles. The lowest BCUT2D eigenvalue weighted by atomic mass is 10.3. The Morgan fingerprint density at radius 1 is 1.17 bits per heavy atom. The van der Waals surface area contributed by atoms with Gasteiger partial charge in [0.15, 0.2) is 5.96 Å². The van der Waals surface area contributed by atoms with E-state index in [0.717, 1.165) is 11.4 Å². The van der Waals surface area contributed by atoms with E-state index in [0.29, 0.717) is 18.9 Å². The summed E-state index contributed by atoms with van der Waals surface area (Å²) in [4.78, 5) is 4.16. The molecule has 0 amide bonds. The molecule has 3 N–H and O–H groups in total. The molecule has 0 saturated carbocycles. The number of aliphatic imine (C=N–C) groups is 1. The molecule has 0 heterocycles. The van der Waals surface area contributed by atoms with Gasteiger partial charge in [-0.3, -0.25) is 0 Å². The highest BCUT2D eigenvalue weighted by atomic mass is 19.1. The second-order valence-corrected chi connectivity index (χ2v) is 5.39. The second-order valence-electron chi connectivity index (χ2n) is 5.39. The molecule has 0 aliphatic heterocycles. The maximum Gasteiger partial charge on any atom is 0.193 e. The van der Waals surface area contributed by atoms with Gasteiger partial charge >= 0.3 is 0 Å². The van der Waals surface area contributed by atoms with Gasteiger partial charge in [-0.2, -0.15) is 0 Å². The fourth-order valence-corrected chi connectivity index (χ4v) is 1.96. The number of halogens is 1. The molecule has 2 rings (SSSR count). The minimum Gasteiger partial charge on any atom is -0.492 e. The van der Waals surface area contributed by atoms with Crippen LogP contribution in [-0.2, 0) is 0 Å². The SMILES string of the molecule is CC(C)Oc1ccc(NC(N)=NCCOc2cccc(F)c2)cc1. The van der Waals surface area contributed by atoms with Crippen molar-refractivity contribution in [1.82, 2.24) is 0 Å². The van der Waals surface area contributed by atoms with E-state index in [2.05, 4.69) is 10.3 Å². The highest BCUT2D eigenvalue weighted by Gasteiger charge is 2.00. The minimum atomic E-state index is -0.331. The van der Waals surface area contributed by atoms with Crippen LogP contribution in [0.2, 0.25) is 0 Å². The molecule has 0 spiro atoms.